The summed E-state index contributed by atoms with van der Waals surface area (Å²) in [7, 11) is -2.88. The lowest BCUT2D eigenvalue weighted by Gasteiger charge is -2.37. The van der Waals surface area contributed by atoms with Gasteiger partial charge in [-0.25, -0.2) is 8.42 Å². The van der Waals surface area contributed by atoms with Crippen LogP contribution in [0.5, 0.6) is 0 Å². The second-order valence-corrected chi connectivity index (χ2v) is 10.5. The number of aryl methyl sites for hydroxylation is 1. The smallest absolute Gasteiger partial charge is 0.254 e. The van der Waals surface area contributed by atoms with E-state index in [0.29, 0.717) is 25.1 Å². The van der Waals surface area contributed by atoms with Crippen molar-refractivity contribution in [3.05, 3.63) is 40.0 Å². The molecule has 0 radical (unpaired) electrons. The van der Waals surface area contributed by atoms with Crippen molar-refractivity contribution in [2.75, 3.05) is 37.7 Å². The summed E-state index contributed by atoms with van der Waals surface area (Å²) in [4.78, 5) is 21.8. The van der Waals surface area contributed by atoms with Crippen molar-refractivity contribution in [2.24, 2.45) is 0 Å². The molecule has 2 aliphatic rings. The molecule has 2 fully saturated rings. The molecule has 0 aliphatic carbocycles. The molecule has 2 aliphatic heterocycles. The molecule has 6 nitrogen and oxygen atoms in total. The van der Waals surface area contributed by atoms with Crippen LogP contribution in [0.4, 0.5) is 0 Å². The van der Waals surface area contributed by atoms with Gasteiger partial charge in [-0.05, 0) is 31.5 Å². The first kappa shape index (κ1) is 18.8. The molecule has 0 saturated carbocycles. The summed E-state index contributed by atoms with van der Waals surface area (Å²) in [6.45, 7) is 4.58. The molecule has 0 spiro atoms. The van der Waals surface area contributed by atoms with E-state index in [9.17, 15) is 13.2 Å². The normalized spacial score (nSPS) is 23.0. The lowest BCUT2D eigenvalue weighted by Crippen LogP contribution is -2.52. The second kappa shape index (κ2) is 7.14. The van der Waals surface area contributed by atoms with Crippen LogP contribution >= 0.6 is 15.9 Å². The van der Waals surface area contributed by atoms with Crippen LogP contribution < -0.4 is 0 Å². The van der Waals surface area contributed by atoms with E-state index < -0.39 is 9.84 Å². The Balaban J connectivity index is 1.51. The predicted octanol–water partition coefficient (Wildman–Crippen LogP) is 2.25. The van der Waals surface area contributed by atoms with Gasteiger partial charge in [0.15, 0.2) is 9.84 Å². The largest absolute Gasteiger partial charge is 0.336 e. The number of fused-ring (bicyclic) bond motifs is 1. The molecular formula is C19H22BrN3O3S. The Hall–Kier alpha value is -1.51. The fourth-order valence-corrected chi connectivity index (χ4v) is 6.15. The van der Waals surface area contributed by atoms with Crippen molar-refractivity contribution >= 4 is 42.6 Å². The summed E-state index contributed by atoms with van der Waals surface area (Å²) < 4.78 is 24.4. The van der Waals surface area contributed by atoms with Gasteiger partial charge in [0, 0.05) is 47.8 Å². The van der Waals surface area contributed by atoms with Gasteiger partial charge in [0.1, 0.15) is 0 Å². The first-order valence-corrected chi connectivity index (χ1v) is 11.7. The van der Waals surface area contributed by atoms with Crippen LogP contribution in [0.2, 0.25) is 0 Å². The quantitative estimate of drug-likeness (QED) is 0.699. The fraction of sp³-hybridized carbons (Fsp3) is 0.474. The molecule has 4 rings (SSSR count). The molecule has 1 unspecified atom stereocenters. The van der Waals surface area contributed by atoms with Crippen molar-refractivity contribution in [1.29, 1.82) is 0 Å². The summed E-state index contributed by atoms with van der Waals surface area (Å²) >= 11 is 3.46. The maximum atomic E-state index is 13.2. The van der Waals surface area contributed by atoms with Crippen LogP contribution in [0.25, 0.3) is 10.9 Å². The minimum absolute atomic E-state index is 0.0199. The number of nitrogens with zero attached hydrogens (tertiary/aromatic N) is 3. The first-order valence-electron chi connectivity index (χ1n) is 9.13. The highest BCUT2D eigenvalue weighted by Crippen LogP contribution is 2.25. The third-order valence-corrected chi connectivity index (χ3v) is 7.70. The van der Waals surface area contributed by atoms with Crippen molar-refractivity contribution in [3.63, 3.8) is 0 Å². The number of amides is 1. The van der Waals surface area contributed by atoms with E-state index in [-0.39, 0.29) is 23.5 Å². The van der Waals surface area contributed by atoms with Crippen LogP contribution in [-0.2, 0) is 9.84 Å². The highest BCUT2D eigenvalue weighted by atomic mass is 79.9. The minimum Gasteiger partial charge on any atom is -0.336 e. The molecule has 2 aromatic rings. The topological polar surface area (TPSA) is 70.6 Å². The summed E-state index contributed by atoms with van der Waals surface area (Å²) in [5.41, 5.74) is 2.31. The van der Waals surface area contributed by atoms with Gasteiger partial charge in [-0.1, -0.05) is 22.0 Å². The lowest BCUT2D eigenvalue weighted by molar-refractivity contribution is 0.0589. The zero-order chi connectivity index (χ0) is 19.2. The van der Waals surface area contributed by atoms with E-state index in [2.05, 4.69) is 25.8 Å². The minimum atomic E-state index is -2.88. The Morgan fingerprint density at radius 1 is 1.19 bits per heavy atom. The number of carbonyl (C=O) groups excluding carboxylic acids is 1. The van der Waals surface area contributed by atoms with Crippen molar-refractivity contribution in [2.45, 2.75) is 19.4 Å². The van der Waals surface area contributed by atoms with Crippen LogP contribution in [0.1, 0.15) is 22.5 Å². The number of sulfone groups is 1. The SMILES string of the molecule is Cc1cc(C(=O)N2CCN(C3CCS(=O)(=O)C3)CC2)c2ccc(Br)cc2n1. The monoisotopic (exact) mass is 451 g/mol. The average molecular weight is 452 g/mol. The number of hydrogen-bond acceptors (Lipinski definition) is 5. The number of rotatable bonds is 2. The highest BCUT2D eigenvalue weighted by Gasteiger charge is 2.34. The number of pyridine rings is 1. The Morgan fingerprint density at radius 2 is 1.93 bits per heavy atom. The molecule has 8 heteroatoms. The molecule has 2 saturated heterocycles. The molecule has 27 heavy (non-hydrogen) atoms. The summed E-state index contributed by atoms with van der Waals surface area (Å²) in [6.07, 6.45) is 0.708. The molecule has 0 N–H and O–H groups in total. The summed E-state index contributed by atoms with van der Waals surface area (Å²) in [5.74, 6) is 0.560. The van der Waals surface area contributed by atoms with Crippen molar-refractivity contribution < 1.29 is 13.2 Å². The molecular weight excluding hydrogens is 430 g/mol. The van der Waals surface area contributed by atoms with Crippen LogP contribution in [0, 0.1) is 6.92 Å². The molecule has 3 heterocycles. The maximum absolute atomic E-state index is 13.2. The Kier molecular flexibility index (Phi) is 4.98. The summed E-state index contributed by atoms with van der Waals surface area (Å²) in [5, 5.41) is 0.859. The van der Waals surface area contributed by atoms with E-state index in [4.69, 9.17) is 0 Å². The molecule has 1 aromatic carbocycles. The lowest BCUT2D eigenvalue weighted by atomic mass is 10.1. The molecule has 0 bridgehead atoms. The van der Waals surface area contributed by atoms with Crippen LogP contribution in [-0.4, -0.2) is 72.8 Å². The Morgan fingerprint density at radius 3 is 2.59 bits per heavy atom. The molecule has 144 valence electrons. The van der Waals surface area contributed by atoms with Gasteiger partial charge in [0.25, 0.3) is 5.91 Å². The number of aromatic nitrogens is 1. The molecule has 1 amide bonds. The average Bonchev–Trinajstić information content (AvgIpc) is 3.00. The van der Waals surface area contributed by atoms with Gasteiger partial charge in [0.05, 0.1) is 22.6 Å². The highest BCUT2D eigenvalue weighted by molar-refractivity contribution is 9.10. The van der Waals surface area contributed by atoms with E-state index in [1.165, 1.54) is 0 Å². The standard InChI is InChI=1S/C19H22BrN3O3S/c1-13-10-17(16-3-2-14(20)11-18(16)21-13)19(24)23-7-5-22(6-8-23)15-4-9-27(25,26)12-15/h2-3,10-11,15H,4-9,12H2,1H3. The van der Waals surface area contributed by atoms with E-state index in [1.54, 1.807) is 0 Å². The predicted molar refractivity (Wildman–Crippen MR) is 109 cm³/mol. The Labute approximate surface area is 167 Å². The van der Waals surface area contributed by atoms with E-state index in [0.717, 1.165) is 34.2 Å². The maximum Gasteiger partial charge on any atom is 0.254 e. The van der Waals surface area contributed by atoms with Gasteiger partial charge in [-0.3, -0.25) is 14.7 Å². The van der Waals surface area contributed by atoms with Crippen LogP contribution in [0.3, 0.4) is 0 Å². The van der Waals surface area contributed by atoms with Gasteiger partial charge in [-0.2, -0.15) is 0 Å². The van der Waals surface area contributed by atoms with Gasteiger partial charge >= 0.3 is 0 Å². The number of carbonyl (C=O) groups is 1. The zero-order valence-corrected chi connectivity index (χ0v) is 17.6. The third-order valence-electron chi connectivity index (χ3n) is 5.46. The number of piperazine rings is 1. The van der Waals surface area contributed by atoms with Gasteiger partial charge < -0.3 is 4.90 Å². The first-order chi connectivity index (χ1) is 12.8. The molecule has 1 atom stereocenters. The number of benzene rings is 1. The van der Waals surface area contributed by atoms with Crippen molar-refractivity contribution in [1.82, 2.24) is 14.8 Å². The van der Waals surface area contributed by atoms with E-state index in [1.807, 2.05) is 36.1 Å². The Bertz CT molecular complexity index is 995. The zero-order valence-electron chi connectivity index (χ0n) is 15.2. The number of halogens is 1. The second-order valence-electron chi connectivity index (χ2n) is 7.36. The van der Waals surface area contributed by atoms with Gasteiger partial charge in [-0.15, -0.1) is 0 Å². The van der Waals surface area contributed by atoms with Crippen molar-refractivity contribution in [3.8, 4) is 0 Å². The van der Waals surface area contributed by atoms with E-state index >= 15 is 0 Å². The fourth-order valence-electron chi connectivity index (χ4n) is 4.03. The summed E-state index contributed by atoms with van der Waals surface area (Å²) in [6, 6.07) is 7.74. The number of hydrogen-bond donors (Lipinski definition) is 0. The van der Waals surface area contributed by atoms with Crippen LogP contribution in [0.15, 0.2) is 28.7 Å². The molecule has 1 aromatic heterocycles. The van der Waals surface area contributed by atoms with Gasteiger partial charge in [0.2, 0.25) is 0 Å². The third kappa shape index (κ3) is 3.88.